The minimum atomic E-state index is -0.169. The van der Waals surface area contributed by atoms with Gasteiger partial charge in [-0.1, -0.05) is 19.3 Å². The third-order valence-corrected chi connectivity index (χ3v) is 4.20. The van der Waals surface area contributed by atoms with Gasteiger partial charge in [-0.05, 0) is 31.0 Å². The van der Waals surface area contributed by atoms with Crippen LogP contribution in [0.4, 0.5) is 15.8 Å². The van der Waals surface area contributed by atoms with Crippen LogP contribution in [-0.2, 0) is 0 Å². The molecule has 1 saturated carbocycles. The summed E-state index contributed by atoms with van der Waals surface area (Å²) in [5, 5.41) is 6.91. The second kappa shape index (κ2) is 4.21. The van der Waals surface area contributed by atoms with Gasteiger partial charge in [-0.15, -0.1) is 0 Å². The summed E-state index contributed by atoms with van der Waals surface area (Å²) in [5.74, 6) is -0.169. The number of rotatable bonds is 0. The molecule has 2 aliphatic rings. The summed E-state index contributed by atoms with van der Waals surface area (Å²) in [7, 11) is 0. The Morgan fingerprint density at radius 3 is 2.41 bits per heavy atom. The van der Waals surface area contributed by atoms with Gasteiger partial charge in [0.15, 0.2) is 0 Å². The van der Waals surface area contributed by atoms with E-state index in [0.717, 1.165) is 24.5 Å². The molecule has 1 aliphatic carbocycles. The van der Waals surface area contributed by atoms with E-state index in [1.165, 1.54) is 38.2 Å². The number of hydrogen-bond donors (Lipinski definition) is 2. The van der Waals surface area contributed by atoms with E-state index in [9.17, 15) is 4.39 Å². The molecule has 17 heavy (non-hydrogen) atoms. The summed E-state index contributed by atoms with van der Waals surface area (Å²) in [6, 6.07) is 4.94. The van der Waals surface area contributed by atoms with Crippen molar-refractivity contribution in [2.75, 3.05) is 23.7 Å². The Morgan fingerprint density at radius 1 is 0.941 bits per heavy atom. The molecule has 3 rings (SSSR count). The number of benzene rings is 1. The highest BCUT2D eigenvalue weighted by atomic mass is 19.1. The van der Waals surface area contributed by atoms with Gasteiger partial charge in [-0.25, -0.2) is 4.39 Å². The number of hydrogen-bond acceptors (Lipinski definition) is 2. The number of halogens is 1. The first kappa shape index (κ1) is 10.9. The zero-order chi connectivity index (χ0) is 11.7. The van der Waals surface area contributed by atoms with E-state index < -0.39 is 0 Å². The van der Waals surface area contributed by atoms with E-state index in [1.807, 2.05) is 6.07 Å². The summed E-state index contributed by atoms with van der Waals surface area (Å²) in [4.78, 5) is 0. The molecule has 3 heteroatoms. The molecule has 1 heterocycles. The van der Waals surface area contributed by atoms with E-state index in [-0.39, 0.29) is 5.82 Å². The molecule has 0 unspecified atom stereocenters. The lowest BCUT2D eigenvalue weighted by molar-refractivity contribution is 0.224. The normalized spacial score (nSPS) is 22.2. The Kier molecular flexibility index (Phi) is 2.69. The first-order valence-corrected chi connectivity index (χ1v) is 6.55. The fourth-order valence-electron chi connectivity index (χ4n) is 3.10. The van der Waals surface area contributed by atoms with Crippen molar-refractivity contribution in [2.24, 2.45) is 5.41 Å². The molecule has 2 nitrogen and oxygen atoms in total. The van der Waals surface area contributed by atoms with Gasteiger partial charge in [0.2, 0.25) is 0 Å². The predicted molar refractivity (Wildman–Crippen MR) is 68.9 cm³/mol. The lowest BCUT2D eigenvalue weighted by Crippen LogP contribution is -2.36. The third-order valence-electron chi connectivity index (χ3n) is 4.20. The van der Waals surface area contributed by atoms with E-state index in [1.54, 1.807) is 6.07 Å². The standard InChI is InChI=1S/C14H19FN2/c15-11-4-5-12-13(8-11)17-10-14(9-16-12)6-2-1-3-7-14/h4-5,8,16-17H,1-3,6-7,9-10H2. The van der Waals surface area contributed by atoms with Crippen molar-refractivity contribution in [1.82, 2.24) is 0 Å². The van der Waals surface area contributed by atoms with Crippen molar-refractivity contribution in [3.8, 4) is 0 Å². The molecule has 1 fully saturated rings. The first-order valence-electron chi connectivity index (χ1n) is 6.55. The highest BCUT2D eigenvalue weighted by molar-refractivity contribution is 5.69. The van der Waals surface area contributed by atoms with Gasteiger partial charge >= 0.3 is 0 Å². The molecule has 1 aromatic carbocycles. The lowest BCUT2D eigenvalue weighted by atomic mass is 9.74. The number of nitrogens with one attached hydrogen (secondary N) is 2. The summed E-state index contributed by atoms with van der Waals surface area (Å²) in [6.07, 6.45) is 6.58. The van der Waals surface area contributed by atoms with Crippen LogP contribution in [0.3, 0.4) is 0 Å². The molecule has 1 aliphatic heterocycles. The largest absolute Gasteiger partial charge is 0.383 e. The van der Waals surface area contributed by atoms with Gasteiger partial charge in [0.05, 0.1) is 11.4 Å². The second-order valence-electron chi connectivity index (χ2n) is 5.46. The highest BCUT2D eigenvalue weighted by Crippen LogP contribution is 2.39. The van der Waals surface area contributed by atoms with Crippen LogP contribution >= 0.6 is 0 Å². The van der Waals surface area contributed by atoms with Gasteiger partial charge in [-0.3, -0.25) is 0 Å². The van der Waals surface area contributed by atoms with Crippen LogP contribution in [0.25, 0.3) is 0 Å². The average Bonchev–Trinajstić information content (AvgIpc) is 2.52. The molecule has 0 radical (unpaired) electrons. The number of fused-ring (bicyclic) bond motifs is 1. The Bertz CT molecular complexity index is 411. The molecule has 1 aromatic rings. The smallest absolute Gasteiger partial charge is 0.125 e. The van der Waals surface area contributed by atoms with Crippen molar-refractivity contribution in [1.29, 1.82) is 0 Å². The van der Waals surface area contributed by atoms with E-state index in [4.69, 9.17) is 0 Å². The predicted octanol–water partition coefficient (Wildman–Crippen LogP) is 3.61. The summed E-state index contributed by atoms with van der Waals surface area (Å²) >= 11 is 0. The Labute approximate surface area is 102 Å². The molecule has 0 amide bonds. The Hall–Kier alpha value is -1.25. The van der Waals surface area contributed by atoms with E-state index >= 15 is 0 Å². The SMILES string of the molecule is Fc1ccc2c(c1)NCC1(CCCCC1)CN2. The quantitative estimate of drug-likeness (QED) is 0.716. The minimum absolute atomic E-state index is 0.169. The maximum atomic E-state index is 13.2. The zero-order valence-electron chi connectivity index (χ0n) is 10.1. The van der Waals surface area contributed by atoms with Crippen molar-refractivity contribution >= 4 is 11.4 Å². The van der Waals surface area contributed by atoms with Crippen LogP contribution in [0, 0.1) is 11.2 Å². The van der Waals surface area contributed by atoms with Crippen molar-refractivity contribution in [3.63, 3.8) is 0 Å². The Morgan fingerprint density at radius 2 is 1.65 bits per heavy atom. The monoisotopic (exact) mass is 234 g/mol. The highest BCUT2D eigenvalue weighted by Gasteiger charge is 2.33. The van der Waals surface area contributed by atoms with E-state index in [2.05, 4.69) is 10.6 Å². The van der Waals surface area contributed by atoms with Gasteiger partial charge in [0.1, 0.15) is 5.82 Å². The molecule has 1 spiro atoms. The van der Waals surface area contributed by atoms with Crippen LogP contribution in [0.1, 0.15) is 32.1 Å². The van der Waals surface area contributed by atoms with Crippen LogP contribution in [0.15, 0.2) is 18.2 Å². The van der Waals surface area contributed by atoms with Crippen LogP contribution < -0.4 is 10.6 Å². The van der Waals surface area contributed by atoms with Crippen molar-refractivity contribution in [2.45, 2.75) is 32.1 Å². The molecule has 0 saturated heterocycles. The fourth-order valence-corrected chi connectivity index (χ4v) is 3.10. The van der Waals surface area contributed by atoms with Gasteiger partial charge in [-0.2, -0.15) is 0 Å². The van der Waals surface area contributed by atoms with Crippen LogP contribution in [-0.4, -0.2) is 13.1 Å². The molecule has 0 atom stereocenters. The molecule has 0 aromatic heterocycles. The zero-order valence-corrected chi connectivity index (χ0v) is 10.1. The number of anilines is 2. The average molecular weight is 234 g/mol. The first-order chi connectivity index (χ1) is 8.27. The Balaban J connectivity index is 1.82. The van der Waals surface area contributed by atoms with Crippen molar-refractivity contribution < 1.29 is 4.39 Å². The van der Waals surface area contributed by atoms with Crippen LogP contribution in [0.5, 0.6) is 0 Å². The third kappa shape index (κ3) is 2.11. The fraction of sp³-hybridized carbons (Fsp3) is 0.571. The summed E-state index contributed by atoms with van der Waals surface area (Å²) < 4.78 is 13.2. The molecule has 92 valence electrons. The molecular weight excluding hydrogens is 215 g/mol. The molecule has 2 N–H and O–H groups in total. The topological polar surface area (TPSA) is 24.1 Å². The van der Waals surface area contributed by atoms with Gasteiger partial charge < -0.3 is 10.6 Å². The maximum Gasteiger partial charge on any atom is 0.125 e. The second-order valence-corrected chi connectivity index (χ2v) is 5.46. The van der Waals surface area contributed by atoms with Gasteiger partial charge in [0.25, 0.3) is 0 Å². The summed E-state index contributed by atoms with van der Waals surface area (Å²) in [5.41, 5.74) is 2.31. The minimum Gasteiger partial charge on any atom is -0.383 e. The van der Waals surface area contributed by atoms with Crippen molar-refractivity contribution in [3.05, 3.63) is 24.0 Å². The maximum absolute atomic E-state index is 13.2. The lowest BCUT2D eigenvalue weighted by Gasteiger charge is -2.36. The van der Waals surface area contributed by atoms with Gasteiger partial charge in [0, 0.05) is 18.5 Å². The molecular formula is C14H19FN2. The van der Waals surface area contributed by atoms with E-state index in [0.29, 0.717) is 5.41 Å². The molecule has 0 bridgehead atoms. The van der Waals surface area contributed by atoms with Crippen LogP contribution in [0.2, 0.25) is 0 Å². The summed E-state index contributed by atoms with van der Waals surface area (Å²) in [6.45, 7) is 1.98.